The van der Waals surface area contributed by atoms with Crippen molar-refractivity contribution in [1.82, 2.24) is 0 Å². The Kier molecular flexibility index (Phi) is 5.81. The fourth-order valence-corrected chi connectivity index (χ4v) is 2.49. The van der Waals surface area contributed by atoms with Gasteiger partial charge in [0.1, 0.15) is 5.60 Å². The number of benzene rings is 1. The Hall–Kier alpha value is -1.84. The maximum absolute atomic E-state index is 12.0. The second-order valence-electron chi connectivity index (χ2n) is 6.65. The van der Waals surface area contributed by atoms with Crippen LogP contribution in [-0.2, 0) is 18.8 Å². The van der Waals surface area contributed by atoms with Crippen LogP contribution in [0.4, 0.5) is 0 Å². The lowest BCUT2D eigenvalue weighted by Crippen LogP contribution is -2.49. The number of nitrogens with zero attached hydrogens (tertiary/aromatic N) is 1. The van der Waals surface area contributed by atoms with Crippen LogP contribution in [0.5, 0.6) is 0 Å². The standard InChI is InChI=1S/C17H22BNO4/c1-17(2,3)21-16(20)12-15-11-14(9-10-19)22-18(23-15)13-7-5-4-6-8-13/h4-8,14-15H,9,11-12H2,1-3H3/t14-,15-/m0/s1. The third-order valence-electron chi connectivity index (χ3n) is 3.36. The van der Waals surface area contributed by atoms with Gasteiger partial charge >= 0.3 is 13.1 Å². The topological polar surface area (TPSA) is 68.6 Å². The summed E-state index contributed by atoms with van der Waals surface area (Å²) in [5.74, 6) is -0.299. The molecule has 1 fully saturated rings. The van der Waals surface area contributed by atoms with Gasteiger partial charge in [0.2, 0.25) is 0 Å². The van der Waals surface area contributed by atoms with Crippen LogP contribution in [0.15, 0.2) is 30.3 Å². The first-order chi connectivity index (χ1) is 10.9. The van der Waals surface area contributed by atoms with E-state index in [0.717, 1.165) is 5.46 Å². The van der Waals surface area contributed by atoms with Gasteiger partial charge in [-0.3, -0.25) is 4.79 Å². The van der Waals surface area contributed by atoms with Gasteiger partial charge in [0.15, 0.2) is 0 Å². The van der Waals surface area contributed by atoms with E-state index in [2.05, 4.69) is 6.07 Å². The van der Waals surface area contributed by atoms with Crippen molar-refractivity contribution in [2.75, 3.05) is 0 Å². The highest BCUT2D eigenvalue weighted by Gasteiger charge is 2.36. The number of nitriles is 1. The maximum Gasteiger partial charge on any atom is 0.494 e. The zero-order valence-electron chi connectivity index (χ0n) is 13.8. The van der Waals surface area contributed by atoms with Gasteiger partial charge in [-0.25, -0.2) is 0 Å². The molecule has 1 saturated heterocycles. The average Bonchev–Trinajstić information content (AvgIpc) is 2.46. The van der Waals surface area contributed by atoms with E-state index in [4.69, 9.17) is 19.3 Å². The number of hydrogen-bond acceptors (Lipinski definition) is 5. The predicted octanol–water partition coefficient (Wildman–Crippen LogP) is 2.20. The molecule has 23 heavy (non-hydrogen) atoms. The largest absolute Gasteiger partial charge is 0.494 e. The van der Waals surface area contributed by atoms with Crippen LogP contribution in [0.25, 0.3) is 0 Å². The number of rotatable bonds is 4. The molecule has 0 N–H and O–H groups in total. The summed E-state index contributed by atoms with van der Waals surface area (Å²) in [5.41, 5.74) is 0.358. The predicted molar refractivity (Wildman–Crippen MR) is 86.9 cm³/mol. The van der Waals surface area contributed by atoms with E-state index in [9.17, 15) is 4.79 Å². The molecule has 2 rings (SSSR count). The van der Waals surface area contributed by atoms with Crippen LogP contribution in [0.2, 0.25) is 0 Å². The zero-order valence-corrected chi connectivity index (χ0v) is 13.8. The molecule has 0 bridgehead atoms. The van der Waals surface area contributed by atoms with E-state index in [1.165, 1.54) is 0 Å². The number of carbonyl (C=O) groups excluding carboxylic acids is 1. The third-order valence-corrected chi connectivity index (χ3v) is 3.36. The van der Waals surface area contributed by atoms with Gasteiger partial charge in [-0.05, 0) is 32.7 Å². The molecule has 0 spiro atoms. The van der Waals surface area contributed by atoms with Crippen LogP contribution < -0.4 is 5.46 Å². The summed E-state index contributed by atoms with van der Waals surface area (Å²) in [5, 5.41) is 8.93. The monoisotopic (exact) mass is 315 g/mol. The van der Waals surface area contributed by atoms with E-state index in [0.29, 0.717) is 6.42 Å². The molecule has 5 nitrogen and oxygen atoms in total. The quantitative estimate of drug-likeness (QED) is 0.629. The Morgan fingerprint density at radius 3 is 2.57 bits per heavy atom. The molecule has 0 aromatic heterocycles. The van der Waals surface area contributed by atoms with Crippen LogP contribution >= 0.6 is 0 Å². The van der Waals surface area contributed by atoms with Crippen molar-refractivity contribution < 1.29 is 18.8 Å². The number of carbonyl (C=O) groups is 1. The van der Waals surface area contributed by atoms with E-state index in [1.807, 2.05) is 51.1 Å². The summed E-state index contributed by atoms with van der Waals surface area (Å²) in [4.78, 5) is 12.0. The van der Waals surface area contributed by atoms with Crippen molar-refractivity contribution in [3.63, 3.8) is 0 Å². The first kappa shape index (κ1) is 17.5. The molecule has 1 heterocycles. The molecular weight excluding hydrogens is 293 g/mol. The molecule has 6 heteroatoms. The maximum atomic E-state index is 12.0. The van der Waals surface area contributed by atoms with Crippen molar-refractivity contribution in [3.05, 3.63) is 30.3 Å². The summed E-state index contributed by atoms with van der Waals surface area (Å²) < 4.78 is 17.1. The summed E-state index contributed by atoms with van der Waals surface area (Å²) in [7, 11) is -0.560. The second-order valence-corrected chi connectivity index (χ2v) is 6.65. The Labute approximate surface area is 137 Å². The normalized spacial score (nSPS) is 21.6. The molecule has 1 aromatic rings. The highest BCUT2D eigenvalue weighted by atomic mass is 16.6. The molecule has 0 saturated carbocycles. The van der Waals surface area contributed by atoms with Crippen molar-refractivity contribution in [3.8, 4) is 6.07 Å². The number of ether oxygens (including phenoxy) is 1. The van der Waals surface area contributed by atoms with E-state index in [-0.39, 0.29) is 31.0 Å². The summed E-state index contributed by atoms with van der Waals surface area (Å²) in [6, 6.07) is 11.7. The van der Waals surface area contributed by atoms with Crippen molar-refractivity contribution in [2.45, 2.75) is 57.8 Å². The van der Waals surface area contributed by atoms with Gasteiger partial charge < -0.3 is 14.0 Å². The van der Waals surface area contributed by atoms with Gasteiger partial charge in [0.05, 0.1) is 31.1 Å². The number of esters is 1. The van der Waals surface area contributed by atoms with Crippen molar-refractivity contribution >= 4 is 18.6 Å². The molecule has 2 atom stereocenters. The van der Waals surface area contributed by atoms with Gasteiger partial charge in [0.25, 0.3) is 0 Å². The van der Waals surface area contributed by atoms with Crippen molar-refractivity contribution in [1.29, 1.82) is 5.26 Å². The summed E-state index contributed by atoms with van der Waals surface area (Å²) >= 11 is 0. The number of hydrogen-bond donors (Lipinski definition) is 0. The van der Waals surface area contributed by atoms with E-state index < -0.39 is 12.7 Å². The Morgan fingerprint density at radius 2 is 1.96 bits per heavy atom. The molecule has 1 aromatic carbocycles. The highest BCUT2D eigenvalue weighted by Crippen LogP contribution is 2.22. The van der Waals surface area contributed by atoms with Crippen LogP contribution in [0.1, 0.15) is 40.0 Å². The van der Waals surface area contributed by atoms with Crippen LogP contribution in [0.3, 0.4) is 0 Å². The highest BCUT2D eigenvalue weighted by molar-refractivity contribution is 6.61. The molecule has 0 amide bonds. The lowest BCUT2D eigenvalue weighted by Gasteiger charge is -2.33. The van der Waals surface area contributed by atoms with Crippen LogP contribution in [0, 0.1) is 11.3 Å². The molecule has 1 aliphatic rings. The lowest BCUT2D eigenvalue weighted by atomic mass is 9.76. The van der Waals surface area contributed by atoms with E-state index in [1.54, 1.807) is 0 Å². The average molecular weight is 315 g/mol. The van der Waals surface area contributed by atoms with Gasteiger partial charge in [-0.2, -0.15) is 5.26 Å². The minimum absolute atomic E-state index is 0.159. The zero-order chi connectivity index (χ0) is 16.9. The Balaban J connectivity index is 2.04. The third kappa shape index (κ3) is 5.70. The van der Waals surface area contributed by atoms with Crippen molar-refractivity contribution in [2.24, 2.45) is 0 Å². The second kappa shape index (κ2) is 7.63. The Bertz CT molecular complexity index is 564. The Morgan fingerprint density at radius 1 is 1.30 bits per heavy atom. The van der Waals surface area contributed by atoms with Gasteiger partial charge in [-0.1, -0.05) is 30.3 Å². The lowest BCUT2D eigenvalue weighted by molar-refractivity contribution is -0.157. The van der Waals surface area contributed by atoms with E-state index >= 15 is 0 Å². The van der Waals surface area contributed by atoms with Crippen LogP contribution in [-0.4, -0.2) is 30.9 Å². The molecule has 1 aliphatic heterocycles. The molecule has 0 aliphatic carbocycles. The molecular formula is C17H22BNO4. The summed E-state index contributed by atoms with van der Waals surface area (Å²) in [6.07, 6.45) is 0.382. The molecule has 0 unspecified atom stereocenters. The smallest absolute Gasteiger partial charge is 0.460 e. The SMILES string of the molecule is CC(C)(C)OC(=O)C[C@@H]1C[C@H](CC#N)OB(c2ccccc2)O1. The minimum Gasteiger partial charge on any atom is -0.460 e. The molecule has 122 valence electrons. The van der Waals surface area contributed by atoms with Gasteiger partial charge in [0, 0.05) is 0 Å². The first-order valence-corrected chi connectivity index (χ1v) is 7.82. The fourth-order valence-electron chi connectivity index (χ4n) is 2.49. The molecule has 0 radical (unpaired) electrons. The summed E-state index contributed by atoms with van der Waals surface area (Å²) in [6.45, 7) is 5.50. The fraction of sp³-hybridized carbons (Fsp3) is 0.529. The van der Waals surface area contributed by atoms with Gasteiger partial charge in [-0.15, -0.1) is 0 Å². The minimum atomic E-state index is -0.560. The first-order valence-electron chi connectivity index (χ1n) is 7.82.